The van der Waals surface area contributed by atoms with Crippen molar-refractivity contribution in [3.63, 3.8) is 0 Å². The number of imidazole rings is 1. The van der Waals surface area contributed by atoms with Crippen LogP contribution in [-0.2, 0) is 7.05 Å². The number of aromatic nitrogens is 2. The Morgan fingerprint density at radius 1 is 1.53 bits per heavy atom. The van der Waals surface area contributed by atoms with Crippen LogP contribution < -0.4 is 10.6 Å². The molecule has 4 heteroatoms. The van der Waals surface area contributed by atoms with Gasteiger partial charge in [0.1, 0.15) is 0 Å². The summed E-state index contributed by atoms with van der Waals surface area (Å²) in [6, 6.07) is 0.350. The van der Waals surface area contributed by atoms with Crippen molar-refractivity contribution in [1.82, 2.24) is 9.55 Å². The smallest absolute Gasteiger partial charge is 0.205 e. The minimum atomic E-state index is 0.350. The predicted molar refractivity (Wildman–Crippen MR) is 61.9 cm³/mol. The Hall–Kier alpha value is -1.03. The number of hydrogen-bond acceptors (Lipinski definition) is 3. The lowest BCUT2D eigenvalue weighted by molar-refractivity contribution is 0.378. The third-order valence-electron chi connectivity index (χ3n) is 3.23. The molecule has 1 aliphatic heterocycles. The van der Waals surface area contributed by atoms with E-state index in [-0.39, 0.29) is 0 Å². The SMILES string of the molecule is Cc1cn(C)c(N2CCC(N)C(C)C2)n1. The molecule has 1 fully saturated rings. The van der Waals surface area contributed by atoms with Crippen molar-refractivity contribution in [2.45, 2.75) is 26.3 Å². The van der Waals surface area contributed by atoms with Crippen molar-refractivity contribution in [2.24, 2.45) is 18.7 Å². The van der Waals surface area contributed by atoms with E-state index in [0.29, 0.717) is 12.0 Å². The van der Waals surface area contributed by atoms with Crippen LogP contribution >= 0.6 is 0 Å². The highest BCUT2D eigenvalue weighted by Gasteiger charge is 2.25. The fourth-order valence-corrected chi connectivity index (χ4v) is 2.24. The van der Waals surface area contributed by atoms with Gasteiger partial charge in [-0.1, -0.05) is 6.92 Å². The fourth-order valence-electron chi connectivity index (χ4n) is 2.24. The minimum Gasteiger partial charge on any atom is -0.342 e. The van der Waals surface area contributed by atoms with E-state index < -0.39 is 0 Å². The molecule has 2 unspecified atom stereocenters. The van der Waals surface area contributed by atoms with Gasteiger partial charge in [-0.2, -0.15) is 0 Å². The van der Waals surface area contributed by atoms with Gasteiger partial charge in [0.2, 0.25) is 5.95 Å². The first-order valence-corrected chi connectivity index (χ1v) is 5.58. The molecule has 1 aromatic rings. The lowest BCUT2D eigenvalue weighted by Crippen LogP contribution is -2.46. The highest BCUT2D eigenvalue weighted by Crippen LogP contribution is 2.21. The van der Waals surface area contributed by atoms with E-state index >= 15 is 0 Å². The summed E-state index contributed by atoms with van der Waals surface area (Å²) in [5, 5.41) is 0. The van der Waals surface area contributed by atoms with Crippen LogP contribution in [0.2, 0.25) is 0 Å². The van der Waals surface area contributed by atoms with Crippen molar-refractivity contribution >= 4 is 5.95 Å². The largest absolute Gasteiger partial charge is 0.342 e. The van der Waals surface area contributed by atoms with Gasteiger partial charge in [-0.3, -0.25) is 0 Å². The highest BCUT2D eigenvalue weighted by molar-refractivity contribution is 5.34. The molecule has 0 amide bonds. The zero-order chi connectivity index (χ0) is 11.0. The van der Waals surface area contributed by atoms with E-state index in [2.05, 4.69) is 34.6 Å². The second-order valence-electron chi connectivity index (χ2n) is 4.67. The van der Waals surface area contributed by atoms with Crippen molar-refractivity contribution < 1.29 is 0 Å². The number of rotatable bonds is 1. The molecule has 2 rings (SSSR count). The summed E-state index contributed by atoms with van der Waals surface area (Å²) in [5.74, 6) is 1.63. The summed E-state index contributed by atoms with van der Waals surface area (Å²) in [4.78, 5) is 6.88. The number of nitrogens with two attached hydrogens (primary N) is 1. The standard InChI is InChI=1S/C11H20N4/c1-8-6-15(5-4-10(8)12)11-13-9(2)7-14(11)3/h7-8,10H,4-6,12H2,1-3H3. The second kappa shape index (κ2) is 3.85. The normalized spacial score (nSPS) is 27.1. The Labute approximate surface area is 91.1 Å². The minimum absolute atomic E-state index is 0.350. The predicted octanol–water partition coefficient (Wildman–Crippen LogP) is 0.902. The average Bonchev–Trinajstić information content (AvgIpc) is 2.50. The first-order chi connectivity index (χ1) is 7.08. The van der Waals surface area contributed by atoms with Crippen LogP contribution in [-0.4, -0.2) is 28.7 Å². The molecule has 0 spiro atoms. The summed E-state index contributed by atoms with van der Waals surface area (Å²) in [5.41, 5.74) is 7.09. The van der Waals surface area contributed by atoms with Crippen molar-refractivity contribution in [2.75, 3.05) is 18.0 Å². The topological polar surface area (TPSA) is 47.1 Å². The van der Waals surface area contributed by atoms with E-state index in [1.807, 2.05) is 6.92 Å². The molecular formula is C11H20N4. The summed E-state index contributed by atoms with van der Waals surface area (Å²) in [7, 11) is 2.05. The van der Waals surface area contributed by atoms with Gasteiger partial charge in [-0.15, -0.1) is 0 Å². The van der Waals surface area contributed by atoms with Crippen LogP contribution in [0.1, 0.15) is 19.0 Å². The van der Waals surface area contributed by atoms with E-state index in [1.165, 1.54) is 0 Å². The fraction of sp³-hybridized carbons (Fsp3) is 0.727. The van der Waals surface area contributed by atoms with Gasteiger partial charge in [0, 0.05) is 32.4 Å². The molecule has 15 heavy (non-hydrogen) atoms. The molecule has 0 bridgehead atoms. The molecule has 2 N–H and O–H groups in total. The summed E-state index contributed by atoms with van der Waals surface area (Å²) in [6.45, 7) is 6.29. The molecule has 0 aromatic carbocycles. The van der Waals surface area contributed by atoms with Crippen molar-refractivity contribution in [1.29, 1.82) is 0 Å². The van der Waals surface area contributed by atoms with E-state index in [1.54, 1.807) is 0 Å². The van der Waals surface area contributed by atoms with Crippen LogP contribution in [0.15, 0.2) is 6.20 Å². The maximum absolute atomic E-state index is 6.01. The number of anilines is 1. The van der Waals surface area contributed by atoms with E-state index in [4.69, 9.17) is 5.73 Å². The molecule has 84 valence electrons. The van der Waals surface area contributed by atoms with E-state index in [0.717, 1.165) is 31.2 Å². The average molecular weight is 208 g/mol. The first kappa shape index (κ1) is 10.5. The van der Waals surface area contributed by atoms with Crippen molar-refractivity contribution in [3.8, 4) is 0 Å². The monoisotopic (exact) mass is 208 g/mol. The highest BCUT2D eigenvalue weighted by atomic mass is 15.3. The van der Waals surface area contributed by atoms with Gasteiger partial charge in [0.25, 0.3) is 0 Å². The molecule has 1 aromatic heterocycles. The third-order valence-corrected chi connectivity index (χ3v) is 3.23. The van der Waals surface area contributed by atoms with Gasteiger partial charge in [0.15, 0.2) is 0 Å². The molecule has 0 radical (unpaired) electrons. The lowest BCUT2D eigenvalue weighted by atomic mass is 9.95. The van der Waals surface area contributed by atoms with Crippen LogP contribution in [0, 0.1) is 12.8 Å². The number of hydrogen-bond donors (Lipinski definition) is 1. The summed E-state index contributed by atoms with van der Waals surface area (Å²) < 4.78 is 2.10. The summed E-state index contributed by atoms with van der Waals surface area (Å²) >= 11 is 0. The molecule has 2 atom stereocenters. The van der Waals surface area contributed by atoms with Crippen LogP contribution in [0.4, 0.5) is 5.95 Å². The lowest BCUT2D eigenvalue weighted by Gasteiger charge is -2.35. The first-order valence-electron chi connectivity index (χ1n) is 5.58. The maximum atomic E-state index is 6.01. The van der Waals surface area contributed by atoms with Crippen LogP contribution in [0.3, 0.4) is 0 Å². The Kier molecular flexibility index (Phi) is 2.69. The van der Waals surface area contributed by atoms with E-state index in [9.17, 15) is 0 Å². The number of nitrogens with zero attached hydrogens (tertiary/aromatic N) is 3. The Morgan fingerprint density at radius 2 is 2.27 bits per heavy atom. The maximum Gasteiger partial charge on any atom is 0.205 e. The zero-order valence-corrected chi connectivity index (χ0v) is 9.77. The van der Waals surface area contributed by atoms with Crippen LogP contribution in [0.5, 0.6) is 0 Å². The van der Waals surface area contributed by atoms with Crippen molar-refractivity contribution in [3.05, 3.63) is 11.9 Å². The van der Waals surface area contributed by atoms with Crippen LogP contribution in [0.25, 0.3) is 0 Å². The Balaban J connectivity index is 2.15. The number of aryl methyl sites for hydroxylation is 2. The Morgan fingerprint density at radius 3 is 2.80 bits per heavy atom. The molecule has 1 saturated heterocycles. The molecule has 4 nitrogen and oxygen atoms in total. The third kappa shape index (κ3) is 2.00. The molecular weight excluding hydrogens is 188 g/mol. The Bertz CT molecular complexity index is 344. The molecule has 2 heterocycles. The molecule has 1 aliphatic rings. The van der Waals surface area contributed by atoms with Gasteiger partial charge < -0.3 is 15.2 Å². The van der Waals surface area contributed by atoms with Gasteiger partial charge >= 0.3 is 0 Å². The van der Waals surface area contributed by atoms with Gasteiger partial charge in [-0.25, -0.2) is 4.98 Å². The zero-order valence-electron chi connectivity index (χ0n) is 9.77. The summed E-state index contributed by atoms with van der Waals surface area (Å²) in [6.07, 6.45) is 3.13. The quantitative estimate of drug-likeness (QED) is 0.746. The number of piperidine rings is 1. The van der Waals surface area contributed by atoms with Gasteiger partial charge in [-0.05, 0) is 19.3 Å². The molecule has 0 aliphatic carbocycles. The van der Waals surface area contributed by atoms with Gasteiger partial charge in [0.05, 0.1) is 5.69 Å². The molecule has 0 saturated carbocycles. The second-order valence-corrected chi connectivity index (χ2v) is 4.67.